The van der Waals surface area contributed by atoms with Crippen LogP contribution in [0.3, 0.4) is 0 Å². The summed E-state index contributed by atoms with van der Waals surface area (Å²) < 4.78 is 6.04. The first kappa shape index (κ1) is 17.5. The van der Waals surface area contributed by atoms with E-state index in [1.807, 2.05) is 48.5 Å². The number of hydrogen-bond donors (Lipinski definition) is 1. The zero-order chi connectivity index (χ0) is 18.2. The van der Waals surface area contributed by atoms with E-state index in [2.05, 4.69) is 39.9 Å². The summed E-state index contributed by atoms with van der Waals surface area (Å²) in [4.78, 5) is 12.7. The monoisotopic (exact) mass is 337 g/mol. The second-order valence-electron chi connectivity index (χ2n) is 8.46. The van der Waals surface area contributed by atoms with Gasteiger partial charge in [0.15, 0.2) is 0 Å². The summed E-state index contributed by atoms with van der Waals surface area (Å²) in [5.41, 5.74) is 2.74. The number of benzene rings is 2. The highest BCUT2D eigenvalue weighted by Gasteiger charge is 2.34. The van der Waals surface area contributed by atoms with Crippen LogP contribution in [0.1, 0.15) is 68.6 Å². The summed E-state index contributed by atoms with van der Waals surface area (Å²) in [7, 11) is 0. The van der Waals surface area contributed by atoms with Crippen molar-refractivity contribution in [3.63, 3.8) is 0 Å². The molecule has 3 rings (SSSR count). The Morgan fingerprint density at radius 3 is 2.36 bits per heavy atom. The minimum atomic E-state index is -0.303. The Kier molecular flexibility index (Phi) is 4.36. The molecule has 1 aliphatic rings. The van der Waals surface area contributed by atoms with Gasteiger partial charge in [-0.3, -0.25) is 4.79 Å². The van der Waals surface area contributed by atoms with Crippen LogP contribution in [0.15, 0.2) is 48.5 Å². The third-order valence-electron chi connectivity index (χ3n) is 4.69. The van der Waals surface area contributed by atoms with Crippen molar-refractivity contribution < 1.29 is 9.53 Å². The van der Waals surface area contributed by atoms with Crippen LogP contribution in [0, 0.1) is 0 Å². The predicted octanol–water partition coefficient (Wildman–Crippen LogP) is 5.02. The fourth-order valence-corrected chi connectivity index (χ4v) is 3.29. The molecule has 1 amide bonds. The van der Waals surface area contributed by atoms with Crippen LogP contribution in [-0.2, 0) is 5.41 Å². The highest BCUT2D eigenvalue weighted by atomic mass is 16.5. The summed E-state index contributed by atoms with van der Waals surface area (Å²) in [6, 6.07) is 15.8. The molecule has 1 atom stereocenters. The number of hydrogen-bond acceptors (Lipinski definition) is 2. The third-order valence-corrected chi connectivity index (χ3v) is 4.69. The zero-order valence-corrected chi connectivity index (χ0v) is 15.7. The third kappa shape index (κ3) is 3.87. The summed E-state index contributed by atoms with van der Waals surface area (Å²) in [6.07, 6.45) is 0.746. The SMILES string of the molecule is CC1(C)C[C@@H](NC(=O)c2ccc(C(C)(C)C)cc2)c2ccccc2O1. The molecule has 0 bridgehead atoms. The summed E-state index contributed by atoms with van der Waals surface area (Å²) in [6.45, 7) is 10.6. The lowest BCUT2D eigenvalue weighted by molar-refractivity contribution is 0.0619. The van der Waals surface area contributed by atoms with E-state index in [1.165, 1.54) is 5.56 Å². The number of ether oxygens (including phenoxy) is 1. The van der Waals surface area contributed by atoms with Gasteiger partial charge >= 0.3 is 0 Å². The number of carbonyl (C=O) groups excluding carboxylic acids is 1. The molecule has 0 aromatic heterocycles. The summed E-state index contributed by atoms with van der Waals surface area (Å²) in [5, 5.41) is 3.19. The van der Waals surface area contributed by atoms with Crippen LogP contribution in [0.2, 0.25) is 0 Å². The largest absolute Gasteiger partial charge is 0.487 e. The molecule has 1 heterocycles. The summed E-state index contributed by atoms with van der Waals surface area (Å²) in [5.74, 6) is 0.810. The standard InChI is InChI=1S/C22H27NO2/c1-21(2,3)16-12-10-15(11-13-16)20(24)23-18-14-22(4,5)25-19-9-7-6-8-17(18)19/h6-13,18H,14H2,1-5H3,(H,23,24)/t18-/m1/s1. The van der Waals surface area contributed by atoms with Gasteiger partial charge in [-0.2, -0.15) is 0 Å². The molecule has 0 spiro atoms. The van der Waals surface area contributed by atoms with E-state index in [1.54, 1.807) is 0 Å². The van der Waals surface area contributed by atoms with Crippen molar-refractivity contribution in [3.05, 3.63) is 65.2 Å². The van der Waals surface area contributed by atoms with Gasteiger partial charge < -0.3 is 10.1 Å². The van der Waals surface area contributed by atoms with Gasteiger partial charge in [-0.05, 0) is 43.0 Å². The van der Waals surface area contributed by atoms with E-state index in [0.717, 1.165) is 17.7 Å². The van der Waals surface area contributed by atoms with Crippen LogP contribution in [0.4, 0.5) is 0 Å². The molecule has 25 heavy (non-hydrogen) atoms. The fraction of sp³-hybridized carbons (Fsp3) is 0.409. The van der Waals surface area contributed by atoms with Crippen molar-refractivity contribution >= 4 is 5.91 Å². The topological polar surface area (TPSA) is 38.3 Å². The number of carbonyl (C=O) groups is 1. The highest BCUT2D eigenvalue weighted by Crippen LogP contribution is 2.39. The maximum absolute atomic E-state index is 12.7. The Hall–Kier alpha value is -2.29. The molecule has 2 aromatic carbocycles. The minimum absolute atomic E-state index is 0.0436. The van der Waals surface area contributed by atoms with Crippen LogP contribution >= 0.6 is 0 Å². The van der Waals surface area contributed by atoms with E-state index < -0.39 is 0 Å². The lowest BCUT2D eigenvalue weighted by atomic mass is 9.86. The summed E-state index contributed by atoms with van der Waals surface area (Å²) >= 11 is 0. The number of nitrogens with one attached hydrogen (secondary N) is 1. The first-order valence-corrected chi connectivity index (χ1v) is 8.85. The Morgan fingerprint density at radius 1 is 1.08 bits per heavy atom. The van der Waals surface area contributed by atoms with Gasteiger partial charge in [0.1, 0.15) is 11.4 Å². The molecule has 1 aliphatic heterocycles. The van der Waals surface area contributed by atoms with Crippen molar-refractivity contribution in [1.29, 1.82) is 0 Å². The Labute approximate surface area is 150 Å². The quantitative estimate of drug-likeness (QED) is 0.836. The molecule has 3 nitrogen and oxygen atoms in total. The van der Waals surface area contributed by atoms with Crippen molar-refractivity contribution in [3.8, 4) is 5.75 Å². The van der Waals surface area contributed by atoms with Crippen molar-refractivity contribution in [1.82, 2.24) is 5.32 Å². The van der Waals surface area contributed by atoms with Gasteiger partial charge in [-0.25, -0.2) is 0 Å². The molecule has 0 saturated heterocycles. The second-order valence-corrected chi connectivity index (χ2v) is 8.46. The first-order chi connectivity index (χ1) is 11.7. The van der Waals surface area contributed by atoms with Crippen LogP contribution in [-0.4, -0.2) is 11.5 Å². The van der Waals surface area contributed by atoms with Crippen molar-refractivity contribution in [2.24, 2.45) is 0 Å². The van der Waals surface area contributed by atoms with E-state index >= 15 is 0 Å². The molecule has 0 aliphatic carbocycles. The maximum atomic E-state index is 12.7. The van der Waals surface area contributed by atoms with Crippen LogP contribution < -0.4 is 10.1 Å². The van der Waals surface area contributed by atoms with Gasteiger partial charge in [-0.1, -0.05) is 51.1 Å². The predicted molar refractivity (Wildman–Crippen MR) is 101 cm³/mol. The molecule has 0 saturated carbocycles. The van der Waals surface area contributed by atoms with E-state index in [-0.39, 0.29) is 23.0 Å². The van der Waals surface area contributed by atoms with Gasteiger partial charge in [0.2, 0.25) is 0 Å². The number of rotatable bonds is 2. The molecule has 0 fully saturated rings. The number of amides is 1. The minimum Gasteiger partial charge on any atom is -0.487 e. The smallest absolute Gasteiger partial charge is 0.251 e. The Bertz CT molecular complexity index is 769. The van der Waals surface area contributed by atoms with E-state index in [9.17, 15) is 4.79 Å². The van der Waals surface area contributed by atoms with Crippen LogP contribution in [0.5, 0.6) is 5.75 Å². The average molecular weight is 337 g/mol. The van der Waals surface area contributed by atoms with Gasteiger partial charge in [0.25, 0.3) is 5.91 Å². The molecule has 2 aromatic rings. The molecular weight excluding hydrogens is 310 g/mol. The molecule has 0 radical (unpaired) electrons. The maximum Gasteiger partial charge on any atom is 0.251 e. The Morgan fingerprint density at radius 2 is 1.72 bits per heavy atom. The van der Waals surface area contributed by atoms with Gasteiger partial charge in [0.05, 0.1) is 6.04 Å². The molecule has 132 valence electrons. The normalized spacial score (nSPS) is 18.8. The number of para-hydroxylation sites is 1. The van der Waals surface area contributed by atoms with E-state index in [0.29, 0.717) is 5.56 Å². The van der Waals surface area contributed by atoms with Crippen LogP contribution in [0.25, 0.3) is 0 Å². The highest BCUT2D eigenvalue weighted by molar-refractivity contribution is 5.94. The fourth-order valence-electron chi connectivity index (χ4n) is 3.29. The van der Waals surface area contributed by atoms with Crippen molar-refractivity contribution in [2.75, 3.05) is 0 Å². The molecule has 3 heteroatoms. The molecular formula is C22H27NO2. The lowest BCUT2D eigenvalue weighted by Gasteiger charge is -2.37. The first-order valence-electron chi connectivity index (χ1n) is 8.85. The lowest BCUT2D eigenvalue weighted by Crippen LogP contribution is -2.41. The van der Waals surface area contributed by atoms with Gasteiger partial charge in [-0.15, -0.1) is 0 Å². The Balaban J connectivity index is 1.81. The average Bonchev–Trinajstić information content (AvgIpc) is 2.53. The van der Waals surface area contributed by atoms with Gasteiger partial charge in [0, 0.05) is 17.5 Å². The van der Waals surface area contributed by atoms with Crippen molar-refractivity contribution in [2.45, 2.75) is 58.1 Å². The number of fused-ring (bicyclic) bond motifs is 1. The second kappa shape index (κ2) is 6.21. The molecule has 1 N–H and O–H groups in total. The van der Waals surface area contributed by atoms with E-state index in [4.69, 9.17) is 4.74 Å². The zero-order valence-electron chi connectivity index (χ0n) is 15.7. The molecule has 0 unspecified atom stereocenters.